The van der Waals surface area contributed by atoms with E-state index in [0.29, 0.717) is 17.9 Å². The number of allylic oxidation sites excluding steroid dienone is 4. The van der Waals surface area contributed by atoms with Gasteiger partial charge in [-0.3, -0.25) is 4.79 Å². The summed E-state index contributed by atoms with van der Waals surface area (Å²) in [6.45, 7) is 11.9. The van der Waals surface area contributed by atoms with Gasteiger partial charge in [0.25, 0.3) is 0 Å². The molecule has 2 aliphatic rings. The van der Waals surface area contributed by atoms with Crippen LogP contribution >= 0.6 is 0 Å². The summed E-state index contributed by atoms with van der Waals surface area (Å²) in [6.07, 6.45) is 9.35. The summed E-state index contributed by atoms with van der Waals surface area (Å²) in [6, 6.07) is 41.7. The van der Waals surface area contributed by atoms with Crippen molar-refractivity contribution in [2.24, 2.45) is 0 Å². The number of ether oxygens (including phenoxy) is 6. The lowest BCUT2D eigenvalue weighted by Crippen LogP contribution is -2.45. The number of nitrogens with zero attached hydrogens (tertiary/aromatic N) is 2. The molecule has 1 amide bonds. The predicted octanol–water partition coefficient (Wildman–Crippen LogP) is 10.1. The lowest BCUT2D eigenvalue weighted by atomic mass is 9.80. The van der Waals surface area contributed by atoms with Crippen molar-refractivity contribution in [3.8, 4) is 11.5 Å². The number of likely N-dealkylation sites (N-methyl/N-ethyl adjacent to an activating group) is 1. The highest BCUT2D eigenvalue weighted by atomic mass is 16.6. The number of methoxy groups -OCH3 is 3. The van der Waals surface area contributed by atoms with Crippen molar-refractivity contribution < 1.29 is 47.4 Å². The molecule has 5 aromatic rings. The Balaban J connectivity index is 1.07. The van der Waals surface area contributed by atoms with Gasteiger partial charge in [-0.1, -0.05) is 111 Å². The first-order chi connectivity index (χ1) is 34.8. The largest absolute Gasteiger partial charge is 0.497 e. The number of carbonyl (C=O) groups is 3. The third kappa shape index (κ3) is 11.7. The Bertz CT molecular complexity index is 2700. The summed E-state index contributed by atoms with van der Waals surface area (Å²) in [7, 11) is 4.47. The Kier molecular flexibility index (Phi) is 17.5. The predicted molar refractivity (Wildman–Crippen MR) is 281 cm³/mol. The van der Waals surface area contributed by atoms with Crippen LogP contribution in [-0.4, -0.2) is 95.0 Å². The fourth-order valence-electron chi connectivity index (χ4n) is 10.1. The van der Waals surface area contributed by atoms with E-state index in [1.54, 1.807) is 14.2 Å². The minimum Gasteiger partial charge on any atom is -0.497 e. The van der Waals surface area contributed by atoms with E-state index in [1.165, 1.54) is 41.0 Å². The first-order valence-corrected chi connectivity index (χ1v) is 24.9. The first-order valence-electron chi connectivity index (χ1n) is 24.9. The zero-order chi connectivity index (χ0) is 51.3. The molecule has 1 unspecified atom stereocenters. The van der Waals surface area contributed by atoms with Gasteiger partial charge in [0.1, 0.15) is 43.5 Å². The average molecular weight is 977 g/mol. The molecule has 378 valence electrons. The van der Waals surface area contributed by atoms with E-state index >= 15 is 0 Å². The normalized spacial score (nSPS) is 15.6. The second kappa shape index (κ2) is 23.9. The molecule has 0 radical (unpaired) electrons. The zero-order valence-electron chi connectivity index (χ0n) is 43.1. The number of para-hydroxylation sites is 2. The van der Waals surface area contributed by atoms with Gasteiger partial charge in [-0.05, 0) is 92.3 Å². The van der Waals surface area contributed by atoms with Gasteiger partial charge in [-0.2, -0.15) is 4.58 Å². The van der Waals surface area contributed by atoms with Crippen LogP contribution in [-0.2, 0) is 49.8 Å². The zero-order valence-corrected chi connectivity index (χ0v) is 43.1. The van der Waals surface area contributed by atoms with E-state index in [2.05, 4.69) is 121 Å². The minimum absolute atomic E-state index is 0.0527. The van der Waals surface area contributed by atoms with Gasteiger partial charge < -0.3 is 38.6 Å². The van der Waals surface area contributed by atoms with Crippen LogP contribution in [0.15, 0.2) is 151 Å². The summed E-state index contributed by atoms with van der Waals surface area (Å²) in [4.78, 5) is 40.9. The number of amides is 1. The van der Waals surface area contributed by atoms with Crippen molar-refractivity contribution in [3.05, 3.63) is 179 Å². The molecule has 72 heavy (non-hydrogen) atoms. The van der Waals surface area contributed by atoms with Crippen molar-refractivity contribution in [1.29, 1.82) is 0 Å². The van der Waals surface area contributed by atoms with Crippen molar-refractivity contribution in [2.45, 2.75) is 82.8 Å². The highest BCUT2D eigenvalue weighted by molar-refractivity contribution is 6.03. The maximum atomic E-state index is 13.9. The number of rotatable bonds is 24. The third-order valence-corrected chi connectivity index (χ3v) is 13.9. The molecule has 2 aliphatic heterocycles. The molecule has 0 aliphatic carbocycles. The third-order valence-electron chi connectivity index (χ3n) is 13.9. The highest BCUT2D eigenvalue weighted by Crippen LogP contribution is 2.48. The quantitative estimate of drug-likeness (QED) is 0.0277. The van der Waals surface area contributed by atoms with Crippen LogP contribution in [0.25, 0.3) is 0 Å². The van der Waals surface area contributed by atoms with Crippen LogP contribution < -0.4 is 19.7 Å². The first kappa shape index (κ1) is 52.8. The molecule has 0 bridgehead atoms. The highest BCUT2D eigenvalue weighted by Gasteiger charge is 2.44. The van der Waals surface area contributed by atoms with E-state index in [4.69, 9.17) is 23.7 Å². The van der Waals surface area contributed by atoms with Gasteiger partial charge in [0.2, 0.25) is 11.6 Å². The summed E-state index contributed by atoms with van der Waals surface area (Å²) < 4.78 is 36.1. The van der Waals surface area contributed by atoms with E-state index in [9.17, 15) is 14.4 Å². The molecular weight excluding hydrogens is 907 g/mol. The van der Waals surface area contributed by atoms with E-state index in [0.717, 1.165) is 42.6 Å². The molecular formula is C60H70N3O9+. The second-order valence-corrected chi connectivity index (χ2v) is 19.1. The van der Waals surface area contributed by atoms with Gasteiger partial charge in [0.15, 0.2) is 5.71 Å². The molecule has 0 aromatic heterocycles. The molecule has 7 rings (SSSR count). The standard InChI is InChI=1S/C60H69N3O9/c1-9-62-51-25-17-15-23-49(51)58(2,3)53(62)27-20-28-54-59(4,5)50-24-16-18-26-52(50)63(54)38-19-11-14-29-55(64)61-46(39-71-57(66)42-70-41-56(65)69-8)40-72-60(43-21-12-10-13-22-43,44-30-34-47(67-6)35-31-44)45-32-36-48(68-7)37-33-45/h10,12-13,15-18,20-28,30-37,46H,9,11,14,19,29,38-42H2,1-8H3/p+1. The van der Waals surface area contributed by atoms with Crippen molar-refractivity contribution in [2.75, 3.05) is 65.7 Å². The number of benzene rings is 5. The van der Waals surface area contributed by atoms with Gasteiger partial charge in [-0.25, -0.2) is 9.59 Å². The SMILES string of the molecule is CCN1/C(=C/C=C/C2=[N+](CCCCCC(=O)NC(COC(=O)COCC(=O)OC)COC(c3ccccc3)(c3ccc(OC)cc3)c3ccc(OC)cc3)c3ccccc3C2(C)C)C(C)(C)c2ccccc21. The van der Waals surface area contributed by atoms with Crippen molar-refractivity contribution in [1.82, 2.24) is 5.32 Å². The number of carbonyl (C=O) groups excluding carboxylic acids is 3. The van der Waals surface area contributed by atoms with Gasteiger partial charge in [0.05, 0.1) is 39.4 Å². The number of unbranched alkanes of at least 4 members (excludes halogenated alkanes) is 2. The van der Waals surface area contributed by atoms with Gasteiger partial charge >= 0.3 is 11.9 Å². The molecule has 0 saturated carbocycles. The molecule has 0 spiro atoms. The number of anilines is 1. The number of hydrogen-bond acceptors (Lipinski definition) is 10. The number of fused-ring (bicyclic) bond motifs is 2. The molecule has 1 N–H and O–H groups in total. The molecule has 0 saturated heterocycles. The van der Waals surface area contributed by atoms with Crippen LogP contribution in [0.2, 0.25) is 0 Å². The monoisotopic (exact) mass is 977 g/mol. The van der Waals surface area contributed by atoms with Crippen LogP contribution in [0.3, 0.4) is 0 Å². The number of nitrogens with one attached hydrogen (secondary N) is 1. The lowest BCUT2D eigenvalue weighted by Gasteiger charge is -2.37. The Hall–Kier alpha value is -7.02. The Morgan fingerprint density at radius 2 is 1.28 bits per heavy atom. The number of esters is 2. The number of hydrogen-bond donors (Lipinski definition) is 1. The Morgan fingerprint density at radius 3 is 1.92 bits per heavy atom. The summed E-state index contributed by atoms with van der Waals surface area (Å²) in [5.41, 5.74) is 8.56. The molecule has 2 heterocycles. The molecule has 0 fully saturated rings. The summed E-state index contributed by atoms with van der Waals surface area (Å²) in [5, 5.41) is 3.12. The van der Waals surface area contributed by atoms with Crippen LogP contribution in [0, 0.1) is 0 Å². The van der Waals surface area contributed by atoms with Gasteiger partial charge in [0, 0.05) is 53.9 Å². The minimum atomic E-state index is -1.18. The summed E-state index contributed by atoms with van der Waals surface area (Å²) >= 11 is 0. The summed E-state index contributed by atoms with van der Waals surface area (Å²) in [5.74, 6) is -0.165. The van der Waals surface area contributed by atoms with Crippen molar-refractivity contribution >= 4 is 34.9 Å². The van der Waals surface area contributed by atoms with Crippen LogP contribution in [0.1, 0.15) is 88.1 Å². The fourth-order valence-corrected chi connectivity index (χ4v) is 10.1. The fraction of sp³-hybridized carbons (Fsp3) is 0.367. The smallest absolute Gasteiger partial charge is 0.332 e. The van der Waals surface area contributed by atoms with Crippen LogP contribution in [0.4, 0.5) is 11.4 Å². The maximum absolute atomic E-state index is 13.9. The molecule has 1 atom stereocenters. The van der Waals surface area contributed by atoms with Crippen molar-refractivity contribution in [3.63, 3.8) is 0 Å². The molecule has 12 heteroatoms. The second-order valence-electron chi connectivity index (χ2n) is 19.1. The topological polar surface area (TPSA) is 125 Å². The van der Waals surface area contributed by atoms with E-state index in [-0.39, 0.29) is 36.4 Å². The lowest BCUT2D eigenvalue weighted by molar-refractivity contribution is -0.438. The van der Waals surface area contributed by atoms with Gasteiger partial charge in [-0.15, -0.1) is 0 Å². The molecule has 5 aromatic carbocycles. The molecule has 12 nitrogen and oxygen atoms in total. The average Bonchev–Trinajstić information content (AvgIpc) is 3.76. The maximum Gasteiger partial charge on any atom is 0.332 e. The van der Waals surface area contributed by atoms with E-state index in [1.807, 2.05) is 78.9 Å². The van der Waals surface area contributed by atoms with E-state index < -0.39 is 36.8 Å². The Morgan fingerprint density at radius 1 is 0.681 bits per heavy atom. The Labute approximate surface area is 425 Å². The van der Waals surface area contributed by atoms with Crippen LogP contribution in [0.5, 0.6) is 11.5 Å².